The van der Waals surface area contributed by atoms with E-state index in [1.54, 1.807) is 10.6 Å². The number of rotatable bonds is 5. The Morgan fingerprint density at radius 1 is 0.929 bits per heavy atom. The van der Waals surface area contributed by atoms with Gasteiger partial charge in [-0.15, -0.1) is 0 Å². The van der Waals surface area contributed by atoms with Gasteiger partial charge in [-0.05, 0) is 24.1 Å². The molecule has 4 rings (SSSR count). The highest BCUT2D eigenvalue weighted by Crippen LogP contribution is 2.13. The van der Waals surface area contributed by atoms with E-state index in [-0.39, 0.29) is 5.91 Å². The predicted molar refractivity (Wildman–Crippen MR) is 108 cm³/mol. The highest BCUT2D eigenvalue weighted by Gasteiger charge is 2.20. The fourth-order valence-electron chi connectivity index (χ4n) is 3.81. The Balaban J connectivity index is 1.34. The van der Waals surface area contributed by atoms with Gasteiger partial charge in [-0.2, -0.15) is 0 Å². The first-order valence-electron chi connectivity index (χ1n) is 9.83. The summed E-state index contributed by atoms with van der Waals surface area (Å²) in [6.07, 6.45) is 1.27. The number of aryl methyl sites for hydroxylation is 1. The maximum absolute atomic E-state index is 12.7. The molecule has 1 saturated heterocycles. The number of benzene rings is 2. The molecule has 0 spiro atoms. The smallest absolute Gasteiger partial charge is 0.408 e. The minimum Gasteiger partial charge on any atom is -0.408 e. The molecule has 2 aromatic carbocycles. The largest absolute Gasteiger partial charge is 0.419 e. The SMILES string of the molecule is O=C(CCn1c(=O)oc2ccccc21)N1CCCN(Cc2ccccc2)CC1. The summed E-state index contributed by atoms with van der Waals surface area (Å²) in [6, 6.07) is 17.7. The second-order valence-electron chi connectivity index (χ2n) is 7.23. The molecular formula is C22H25N3O3. The second kappa shape index (κ2) is 8.44. The van der Waals surface area contributed by atoms with E-state index in [2.05, 4.69) is 29.2 Å². The van der Waals surface area contributed by atoms with Crippen LogP contribution in [0.25, 0.3) is 11.1 Å². The number of para-hydroxylation sites is 2. The molecule has 0 saturated carbocycles. The topological polar surface area (TPSA) is 58.7 Å². The van der Waals surface area contributed by atoms with Gasteiger partial charge >= 0.3 is 5.76 Å². The zero-order valence-electron chi connectivity index (χ0n) is 15.9. The first-order valence-corrected chi connectivity index (χ1v) is 9.83. The van der Waals surface area contributed by atoms with E-state index in [0.717, 1.165) is 44.7 Å². The molecule has 28 heavy (non-hydrogen) atoms. The lowest BCUT2D eigenvalue weighted by Gasteiger charge is -2.22. The Bertz CT molecular complexity index is 993. The minimum atomic E-state index is -0.404. The van der Waals surface area contributed by atoms with Crippen molar-refractivity contribution in [1.82, 2.24) is 14.4 Å². The van der Waals surface area contributed by atoms with E-state index in [1.807, 2.05) is 29.2 Å². The molecule has 0 bridgehead atoms. The molecule has 0 unspecified atom stereocenters. The van der Waals surface area contributed by atoms with E-state index in [4.69, 9.17) is 4.42 Å². The Morgan fingerprint density at radius 3 is 2.57 bits per heavy atom. The van der Waals surface area contributed by atoms with Crippen molar-refractivity contribution in [3.05, 3.63) is 70.7 Å². The van der Waals surface area contributed by atoms with Crippen molar-refractivity contribution in [2.24, 2.45) is 0 Å². The summed E-state index contributed by atoms with van der Waals surface area (Å²) in [5.74, 6) is -0.308. The van der Waals surface area contributed by atoms with Crippen LogP contribution in [0.2, 0.25) is 0 Å². The first kappa shape index (κ1) is 18.5. The van der Waals surface area contributed by atoms with Gasteiger partial charge in [0.1, 0.15) is 0 Å². The van der Waals surface area contributed by atoms with Gasteiger partial charge < -0.3 is 9.32 Å². The lowest BCUT2D eigenvalue weighted by atomic mass is 10.2. The van der Waals surface area contributed by atoms with Crippen LogP contribution < -0.4 is 5.76 Å². The maximum atomic E-state index is 12.7. The van der Waals surface area contributed by atoms with E-state index < -0.39 is 5.76 Å². The third kappa shape index (κ3) is 4.17. The Morgan fingerprint density at radius 2 is 1.71 bits per heavy atom. The second-order valence-corrected chi connectivity index (χ2v) is 7.23. The number of hydrogen-bond acceptors (Lipinski definition) is 4. The number of carbonyl (C=O) groups excluding carboxylic acids is 1. The van der Waals surface area contributed by atoms with Crippen molar-refractivity contribution >= 4 is 17.0 Å². The van der Waals surface area contributed by atoms with Gasteiger partial charge in [-0.1, -0.05) is 42.5 Å². The molecule has 0 N–H and O–H groups in total. The molecule has 6 heteroatoms. The molecule has 1 aliphatic rings. The summed E-state index contributed by atoms with van der Waals surface area (Å²) >= 11 is 0. The van der Waals surface area contributed by atoms with Crippen molar-refractivity contribution < 1.29 is 9.21 Å². The highest BCUT2D eigenvalue weighted by atomic mass is 16.4. The fraction of sp³-hybridized carbons (Fsp3) is 0.364. The third-order valence-corrected chi connectivity index (χ3v) is 5.31. The van der Waals surface area contributed by atoms with Gasteiger partial charge in [0.05, 0.1) is 5.52 Å². The van der Waals surface area contributed by atoms with Crippen LogP contribution >= 0.6 is 0 Å². The summed E-state index contributed by atoms with van der Waals surface area (Å²) in [4.78, 5) is 29.1. The van der Waals surface area contributed by atoms with E-state index in [0.29, 0.717) is 18.5 Å². The molecule has 1 aliphatic heterocycles. The molecule has 0 atom stereocenters. The molecule has 1 amide bonds. The first-order chi connectivity index (χ1) is 13.7. The van der Waals surface area contributed by atoms with E-state index in [9.17, 15) is 9.59 Å². The molecule has 6 nitrogen and oxygen atoms in total. The summed E-state index contributed by atoms with van der Waals surface area (Å²) < 4.78 is 6.79. The zero-order chi connectivity index (χ0) is 19.3. The maximum Gasteiger partial charge on any atom is 0.419 e. The van der Waals surface area contributed by atoms with Crippen LogP contribution in [-0.4, -0.2) is 46.5 Å². The van der Waals surface area contributed by atoms with Crippen molar-refractivity contribution in [3.8, 4) is 0 Å². The fourth-order valence-corrected chi connectivity index (χ4v) is 3.81. The predicted octanol–water partition coefficient (Wildman–Crippen LogP) is 2.72. The molecule has 146 valence electrons. The Labute approximate surface area is 164 Å². The molecule has 1 fully saturated rings. The number of amides is 1. The summed E-state index contributed by atoms with van der Waals surface area (Å²) in [7, 11) is 0. The monoisotopic (exact) mass is 379 g/mol. The van der Waals surface area contributed by atoms with Crippen molar-refractivity contribution in [3.63, 3.8) is 0 Å². The third-order valence-electron chi connectivity index (χ3n) is 5.31. The van der Waals surface area contributed by atoms with Crippen LogP contribution in [0.5, 0.6) is 0 Å². The van der Waals surface area contributed by atoms with Crippen LogP contribution in [0.4, 0.5) is 0 Å². The number of aromatic nitrogens is 1. The van der Waals surface area contributed by atoms with E-state index in [1.165, 1.54) is 5.56 Å². The van der Waals surface area contributed by atoms with Crippen LogP contribution in [0, 0.1) is 0 Å². The van der Waals surface area contributed by atoms with Crippen LogP contribution in [0.3, 0.4) is 0 Å². The molecule has 2 heterocycles. The number of fused-ring (bicyclic) bond motifs is 1. The van der Waals surface area contributed by atoms with Gasteiger partial charge in [0, 0.05) is 45.7 Å². The summed E-state index contributed by atoms with van der Waals surface area (Å²) in [6.45, 7) is 4.62. The lowest BCUT2D eigenvalue weighted by molar-refractivity contribution is -0.131. The molecule has 0 aliphatic carbocycles. The van der Waals surface area contributed by atoms with Crippen LogP contribution in [-0.2, 0) is 17.9 Å². The molecule has 0 radical (unpaired) electrons. The number of nitrogens with zero attached hydrogens (tertiary/aromatic N) is 3. The lowest BCUT2D eigenvalue weighted by Crippen LogP contribution is -2.35. The average molecular weight is 379 g/mol. The number of hydrogen-bond donors (Lipinski definition) is 0. The normalized spacial score (nSPS) is 15.6. The van der Waals surface area contributed by atoms with Gasteiger partial charge in [-0.25, -0.2) is 4.79 Å². The van der Waals surface area contributed by atoms with Gasteiger partial charge in [0.25, 0.3) is 0 Å². The van der Waals surface area contributed by atoms with Gasteiger partial charge in [-0.3, -0.25) is 14.3 Å². The van der Waals surface area contributed by atoms with Gasteiger partial charge in [0.2, 0.25) is 5.91 Å². The Hall–Kier alpha value is -2.86. The van der Waals surface area contributed by atoms with E-state index >= 15 is 0 Å². The summed E-state index contributed by atoms with van der Waals surface area (Å²) in [5, 5.41) is 0. The molecule has 1 aromatic heterocycles. The number of oxazole rings is 1. The molecular weight excluding hydrogens is 354 g/mol. The average Bonchev–Trinajstić information content (AvgIpc) is 2.87. The quantitative estimate of drug-likeness (QED) is 0.684. The zero-order valence-corrected chi connectivity index (χ0v) is 15.9. The van der Waals surface area contributed by atoms with Crippen LogP contribution in [0.15, 0.2) is 63.8 Å². The van der Waals surface area contributed by atoms with Crippen molar-refractivity contribution in [1.29, 1.82) is 0 Å². The standard InChI is InChI=1S/C22H25N3O3/c26-21(11-14-25-19-9-4-5-10-20(19)28-22(25)27)24-13-6-12-23(15-16-24)17-18-7-2-1-3-8-18/h1-5,7-10H,6,11-17H2. The van der Waals surface area contributed by atoms with Crippen molar-refractivity contribution in [2.75, 3.05) is 26.2 Å². The minimum absolute atomic E-state index is 0.0961. The van der Waals surface area contributed by atoms with Crippen LogP contribution in [0.1, 0.15) is 18.4 Å². The molecule has 3 aromatic rings. The highest BCUT2D eigenvalue weighted by molar-refractivity contribution is 5.77. The number of carbonyl (C=O) groups is 1. The summed E-state index contributed by atoms with van der Waals surface area (Å²) in [5.41, 5.74) is 2.60. The van der Waals surface area contributed by atoms with Crippen molar-refractivity contribution in [2.45, 2.75) is 25.9 Å². The Kier molecular flexibility index (Phi) is 5.58. The van der Waals surface area contributed by atoms with Gasteiger partial charge in [0.15, 0.2) is 5.58 Å².